The van der Waals surface area contributed by atoms with E-state index in [1.165, 1.54) is 25.5 Å². The Labute approximate surface area is 102 Å². The number of methoxy groups -OCH3 is 1. The minimum absolute atomic E-state index is 0.0854. The van der Waals surface area contributed by atoms with Crippen molar-refractivity contribution < 1.29 is 18.9 Å². The number of carbonyl (C=O) groups excluding carboxylic acids is 1. The predicted octanol–water partition coefficient (Wildman–Crippen LogP) is 2.64. The molecule has 1 heterocycles. The number of furan rings is 1. The molecule has 0 aliphatic carbocycles. The van der Waals surface area contributed by atoms with E-state index in [9.17, 15) is 14.9 Å². The molecule has 0 radical (unpaired) electrons. The SMILES string of the molecule is COC(=O)c1ccc(-c2ccco2)cc1[N+](=O)[O-]. The van der Waals surface area contributed by atoms with Gasteiger partial charge in [-0.1, -0.05) is 0 Å². The van der Waals surface area contributed by atoms with Crippen LogP contribution in [0.4, 0.5) is 5.69 Å². The highest BCUT2D eigenvalue weighted by Crippen LogP contribution is 2.27. The Hall–Kier alpha value is -2.63. The van der Waals surface area contributed by atoms with Crippen LogP contribution in [0, 0.1) is 10.1 Å². The zero-order valence-corrected chi connectivity index (χ0v) is 9.45. The maximum Gasteiger partial charge on any atom is 0.344 e. The molecule has 0 aliphatic heterocycles. The molecule has 18 heavy (non-hydrogen) atoms. The van der Waals surface area contributed by atoms with Gasteiger partial charge in [0.15, 0.2) is 0 Å². The Morgan fingerprint density at radius 2 is 2.17 bits per heavy atom. The van der Waals surface area contributed by atoms with Crippen LogP contribution < -0.4 is 0 Å². The summed E-state index contributed by atoms with van der Waals surface area (Å²) in [6, 6.07) is 7.55. The van der Waals surface area contributed by atoms with Crippen molar-refractivity contribution in [1.29, 1.82) is 0 Å². The van der Waals surface area contributed by atoms with Gasteiger partial charge in [0.2, 0.25) is 0 Å². The number of carbonyl (C=O) groups is 1. The third-order valence-electron chi connectivity index (χ3n) is 2.41. The molecule has 0 unspecified atom stereocenters. The fraction of sp³-hybridized carbons (Fsp3) is 0.0833. The molecule has 0 fully saturated rings. The van der Waals surface area contributed by atoms with E-state index in [4.69, 9.17) is 4.42 Å². The number of benzene rings is 1. The van der Waals surface area contributed by atoms with Crippen molar-refractivity contribution in [1.82, 2.24) is 0 Å². The van der Waals surface area contributed by atoms with E-state index in [-0.39, 0.29) is 11.3 Å². The molecule has 1 aromatic heterocycles. The molecule has 0 bridgehead atoms. The van der Waals surface area contributed by atoms with Gasteiger partial charge in [0.25, 0.3) is 5.69 Å². The highest BCUT2D eigenvalue weighted by atomic mass is 16.6. The Bertz CT molecular complexity index is 589. The van der Waals surface area contributed by atoms with Crippen LogP contribution in [-0.2, 0) is 4.74 Å². The van der Waals surface area contributed by atoms with Crippen molar-refractivity contribution in [3.05, 3.63) is 52.3 Å². The first-order valence-electron chi connectivity index (χ1n) is 5.04. The minimum Gasteiger partial charge on any atom is -0.465 e. The van der Waals surface area contributed by atoms with E-state index in [1.807, 2.05) is 0 Å². The molecule has 0 saturated carbocycles. The van der Waals surface area contributed by atoms with Gasteiger partial charge in [0.1, 0.15) is 11.3 Å². The molecular formula is C12H9NO5. The lowest BCUT2D eigenvalue weighted by Crippen LogP contribution is -2.05. The summed E-state index contributed by atoms with van der Waals surface area (Å²) in [4.78, 5) is 21.7. The van der Waals surface area contributed by atoms with E-state index in [1.54, 1.807) is 18.2 Å². The summed E-state index contributed by atoms with van der Waals surface area (Å²) in [5, 5.41) is 10.9. The van der Waals surface area contributed by atoms with Crippen LogP contribution in [0.2, 0.25) is 0 Å². The van der Waals surface area contributed by atoms with Crippen LogP contribution in [0.3, 0.4) is 0 Å². The molecule has 0 N–H and O–H groups in total. The van der Waals surface area contributed by atoms with Crippen LogP contribution in [0.5, 0.6) is 0 Å². The molecule has 2 aromatic rings. The standard InChI is InChI=1S/C12H9NO5/c1-17-12(14)9-5-4-8(7-10(9)13(15)16)11-3-2-6-18-11/h2-7H,1H3. The summed E-state index contributed by atoms with van der Waals surface area (Å²) in [7, 11) is 1.17. The summed E-state index contributed by atoms with van der Waals surface area (Å²) in [5.41, 5.74) is 0.132. The van der Waals surface area contributed by atoms with Crippen molar-refractivity contribution >= 4 is 11.7 Å². The number of rotatable bonds is 3. The summed E-state index contributed by atoms with van der Waals surface area (Å²) < 4.78 is 9.63. The fourth-order valence-corrected chi connectivity index (χ4v) is 1.56. The summed E-state index contributed by atoms with van der Waals surface area (Å²) >= 11 is 0. The minimum atomic E-state index is -0.743. The van der Waals surface area contributed by atoms with Crippen LogP contribution in [0.1, 0.15) is 10.4 Å². The number of hydrogen-bond donors (Lipinski definition) is 0. The number of nitro benzene ring substituents is 1. The quantitative estimate of drug-likeness (QED) is 0.473. The monoisotopic (exact) mass is 247 g/mol. The van der Waals surface area contributed by atoms with Crippen molar-refractivity contribution in [2.75, 3.05) is 7.11 Å². The Kier molecular flexibility index (Phi) is 3.09. The normalized spacial score (nSPS) is 10.1. The van der Waals surface area contributed by atoms with Gasteiger partial charge in [0.05, 0.1) is 18.3 Å². The predicted molar refractivity (Wildman–Crippen MR) is 62.1 cm³/mol. The van der Waals surface area contributed by atoms with E-state index in [0.29, 0.717) is 11.3 Å². The molecule has 92 valence electrons. The van der Waals surface area contributed by atoms with Gasteiger partial charge in [-0.15, -0.1) is 0 Å². The van der Waals surface area contributed by atoms with Crippen molar-refractivity contribution in [2.45, 2.75) is 0 Å². The number of nitrogens with zero attached hydrogens (tertiary/aromatic N) is 1. The molecule has 0 atom stereocenters. The van der Waals surface area contributed by atoms with Gasteiger partial charge in [0, 0.05) is 11.6 Å². The van der Waals surface area contributed by atoms with Crippen LogP contribution in [-0.4, -0.2) is 18.0 Å². The zero-order chi connectivity index (χ0) is 13.1. The highest BCUT2D eigenvalue weighted by Gasteiger charge is 2.22. The average molecular weight is 247 g/mol. The number of esters is 1. The third-order valence-corrected chi connectivity index (χ3v) is 2.41. The van der Waals surface area contributed by atoms with Gasteiger partial charge in [-0.3, -0.25) is 10.1 Å². The first-order chi connectivity index (χ1) is 8.63. The molecule has 0 saturated heterocycles. The molecule has 0 amide bonds. The summed E-state index contributed by atoms with van der Waals surface area (Å²) in [5.74, 6) is -0.248. The Morgan fingerprint density at radius 1 is 1.39 bits per heavy atom. The molecule has 6 heteroatoms. The topological polar surface area (TPSA) is 82.6 Å². The lowest BCUT2D eigenvalue weighted by molar-refractivity contribution is -0.385. The highest BCUT2D eigenvalue weighted by molar-refractivity contribution is 5.94. The van der Waals surface area contributed by atoms with Gasteiger partial charge in [-0.05, 0) is 24.3 Å². The van der Waals surface area contributed by atoms with Crippen LogP contribution in [0.25, 0.3) is 11.3 Å². The van der Waals surface area contributed by atoms with E-state index < -0.39 is 10.9 Å². The lowest BCUT2D eigenvalue weighted by atomic mass is 10.1. The Morgan fingerprint density at radius 3 is 2.72 bits per heavy atom. The second-order valence-electron chi connectivity index (χ2n) is 3.46. The first kappa shape index (κ1) is 11.8. The number of hydrogen-bond acceptors (Lipinski definition) is 5. The van der Waals surface area contributed by atoms with E-state index >= 15 is 0 Å². The summed E-state index contributed by atoms with van der Waals surface area (Å²) in [6.45, 7) is 0. The molecule has 0 spiro atoms. The largest absolute Gasteiger partial charge is 0.465 e. The number of ether oxygens (including phenoxy) is 1. The van der Waals surface area contributed by atoms with Crippen LogP contribution >= 0.6 is 0 Å². The lowest BCUT2D eigenvalue weighted by Gasteiger charge is -2.03. The second kappa shape index (κ2) is 4.70. The average Bonchev–Trinajstić information content (AvgIpc) is 2.91. The smallest absolute Gasteiger partial charge is 0.344 e. The summed E-state index contributed by atoms with van der Waals surface area (Å²) in [6.07, 6.45) is 1.47. The maximum atomic E-state index is 11.4. The van der Waals surface area contributed by atoms with Gasteiger partial charge < -0.3 is 9.15 Å². The fourth-order valence-electron chi connectivity index (χ4n) is 1.56. The zero-order valence-electron chi connectivity index (χ0n) is 9.45. The van der Waals surface area contributed by atoms with Gasteiger partial charge in [-0.25, -0.2) is 4.79 Å². The van der Waals surface area contributed by atoms with Crippen molar-refractivity contribution in [3.63, 3.8) is 0 Å². The van der Waals surface area contributed by atoms with Crippen molar-refractivity contribution in [3.8, 4) is 11.3 Å². The second-order valence-corrected chi connectivity index (χ2v) is 3.46. The van der Waals surface area contributed by atoms with E-state index in [0.717, 1.165) is 0 Å². The van der Waals surface area contributed by atoms with E-state index in [2.05, 4.69) is 4.74 Å². The molecule has 6 nitrogen and oxygen atoms in total. The van der Waals surface area contributed by atoms with Crippen LogP contribution in [0.15, 0.2) is 41.0 Å². The Balaban J connectivity index is 2.54. The molecule has 2 rings (SSSR count). The first-order valence-corrected chi connectivity index (χ1v) is 5.04. The molecular weight excluding hydrogens is 238 g/mol. The maximum absolute atomic E-state index is 11.4. The van der Waals surface area contributed by atoms with Crippen molar-refractivity contribution in [2.24, 2.45) is 0 Å². The number of nitro groups is 1. The third kappa shape index (κ3) is 2.08. The van der Waals surface area contributed by atoms with Gasteiger partial charge >= 0.3 is 5.97 Å². The molecule has 0 aliphatic rings. The molecule has 1 aromatic carbocycles. The van der Waals surface area contributed by atoms with Gasteiger partial charge in [-0.2, -0.15) is 0 Å².